The molecule has 2 aromatic carbocycles. The first kappa shape index (κ1) is 20.9. The number of alkyl halides is 2. The molecule has 1 amide bonds. The standard InChI is InChI=1S/C25H25F2NO4/c26-25(27)11-9-24(10-12-25)13-21(22(29)30)28(15-24)23(31)32-14-20-18-7-3-1-5-16(18)17-6-2-4-8-19(17)20/h1-8,20-21H,9-15H2,(H,29,30). The summed E-state index contributed by atoms with van der Waals surface area (Å²) >= 11 is 0. The molecule has 1 atom stereocenters. The highest BCUT2D eigenvalue weighted by Crippen LogP contribution is 2.51. The Bertz CT molecular complexity index is 1010. The van der Waals surface area contributed by atoms with Crippen LogP contribution in [0.4, 0.5) is 13.6 Å². The Kier molecular flexibility index (Phi) is 4.95. The molecular formula is C25H25F2NO4. The van der Waals surface area contributed by atoms with E-state index in [1.54, 1.807) is 0 Å². The van der Waals surface area contributed by atoms with E-state index < -0.39 is 29.4 Å². The van der Waals surface area contributed by atoms with Crippen LogP contribution in [0.25, 0.3) is 11.1 Å². The number of carbonyl (C=O) groups excluding carboxylic acids is 1. The number of aliphatic carboxylic acids is 1. The number of benzene rings is 2. The van der Waals surface area contributed by atoms with Gasteiger partial charge in [0.1, 0.15) is 12.6 Å². The highest BCUT2D eigenvalue weighted by molar-refractivity contribution is 5.82. The van der Waals surface area contributed by atoms with Crippen LogP contribution in [0.1, 0.15) is 49.1 Å². The minimum Gasteiger partial charge on any atom is -0.480 e. The fraction of sp³-hybridized carbons (Fsp3) is 0.440. The molecule has 5 nitrogen and oxygen atoms in total. The summed E-state index contributed by atoms with van der Waals surface area (Å²) in [6, 6.07) is 14.9. The molecule has 0 aromatic heterocycles. The average molecular weight is 441 g/mol. The van der Waals surface area contributed by atoms with Crippen molar-refractivity contribution in [3.63, 3.8) is 0 Å². The molecule has 32 heavy (non-hydrogen) atoms. The maximum absolute atomic E-state index is 13.7. The zero-order chi connectivity index (χ0) is 22.5. The SMILES string of the molecule is O=C(O)C1CC2(CCC(F)(F)CC2)CN1C(=O)OCC1c2ccccc2-c2ccccc21. The Hall–Kier alpha value is -2.96. The predicted octanol–water partition coefficient (Wildman–Crippen LogP) is 5.29. The number of carboxylic acids is 1. The van der Waals surface area contributed by atoms with Gasteiger partial charge in [-0.25, -0.2) is 18.4 Å². The Morgan fingerprint density at radius 2 is 1.53 bits per heavy atom. The lowest BCUT2D eigenvalue weighted by Gasteiger charge is -2.36. The number of carbonyl (C=O) groups is 2. The first-order chi connectivity index (χ1) is 15.3. The zero-order valence-electron chi connectivity index (χ0n) is 17.6. The van der Waals surface area contributed by atoms with Crippen LogP contribution in [0.2, 0.25) is 0 Å². The summed E-state index contributed by atoms with van der Waals surface area (Å²) in [6.45, 7) is 0.248. The lowest BCUT2D eigenvalue weighted by molar-refractivity contribution is -0.141. The second kappa shape index (κ2) is 7.57. The van der Waals surface area contributed by atoms with Crippen molar-refractivity contribution in [2.24, 2.45) is 5.41 Å². The maximum Gasteiger partial charge on any atom is 0.410 e. The van der Waals surface area contributed by atoms with Gasteiger partial charge in [0.15, 0.2) is 0 Å². The summed E-state index contributed by atoms with van der Waals surface area (Å²) in [5.41, 5.74) is 3.79. The van der Waals surface area contributed by atoms with E-state index in [-0.39, 0.29) is 51.2 Å². The van der Waals surface area contributed by atoms with E-state index in [0.29, 0.717) is 0 Å². The van der Waals surface area contributed by atoms with Crippen molar-refractivity contribution in [2.45, 2.75) is 50.0 Å². The molecule has 5 rings (SSSR count). The fourth-order valence-electron chi connectivity index (χ4n) is 5.65. The summed E-state index contributed by atoms with van der Waals surface area (Å²) in [6.07, 6.45) is -0.583. The molecule has 1 spiro atoms. The van der Waals surface area contributed by atoms with E-state index in [9.17, 15) is 23.5 Å². The largest absolute Gasteiger partial charge is 0.480 e. The third-order valence-corrected chi connectivity index (χ3v) is 7.41. The molecule has 1 aliphatic heterocycles. The molecule has 168 valence electrons. The lowest BCUT2D eigenvalue weighted by atomic mass is 9.71. The molecule has 1 unspecified atom stereocenters. The molecule has 7 heteroatoms. The Morgan fingerprint density at radius 1 is 0.969 bits per heavy atom. The van der Waals surface area contributed by atoms with Gasteiger partial charge in [0, 0.05) is 25.3 Å². The van der Waals surface area contributed by atoms with Crippen LogP contribution in [-0.4, -0.2) is 47.2 Å². The van der Waals surface area contributed by atoms with Gasteiger partial charge in [0.2, 0.25) is 5.92 Å². The van der Waals surface area contributed by atoms with E-state index in [1.807, 2.05) is 48.5 Å². The summed E-state index contributed by atoms with van der Waals surface area (Å²) in [4.78, 5) is 26.1. The molecule has 3 aliphatic rings. The number of ether oxygens (including phenoxy) is 1. The minimum absolute atomic E-state index is 0.0980. The predicted molar refractivity (Wildman–Crippen MR) is 114 cm³/mol. The van der Waals surface area contributed by atoms with Crippen LogP contribution >= 0.6 is 0 Å². The van der Waals surface area contributed by atoms with E-state index in [2.05, 4.69) is 0 Å². The van der Waals surface area contributed by atoms with Gasteiger partial charge >= 0.3 is 12.1 Å². The zero-order valence-corrected chi connectivity index (χ0v) is 17.6. The Balaban J connectivity index is 1.32. The van der Waals surface area contributed by atoms with Crippen LogP contribution in [0.3, 0.4) is 0 Å². The van der Waals surface area contributed by atoms with Gasteiger partial charge in [0.05, 0.1) is 0 Å². The Labute approximate surface area is 185 Å². The van der Waals surface area contributed by atoms with Crippen LogP contribution in [0, 0.1) is 5.41 Å². The third-order valence-electron chi connectivity index (χ3n) is 7.41. The Morgan fingerprint density at radius 3 is 2.09 bits per heavy atom. The number of carboxylic acid groups (broad SMARTS) is 1. The molecule has 2 aromatic rings. The maximum atomic E-state index is 13.7. The van der Waals surface area contributed by atoms with Crippen molar-refractivity contribution >= 4 is 12.1 Å². The quantitative estimate of drug-likeness (QED) is 0.703. The topological polar surface area (TPSA) is 66.8 Å². The van der Waals surface area contributed by atoms with Gasteiger partial charge in [-0.2, -0.15) is 0 Å². The summed E-state index contributed by atoms with van der Waals surface area (Å²) in [7, 11) is 0. The van der Waals surface area contributed by atoms with Crippen molar-refractivity contribution in [1.82, 2.24) is 4.90 Å². The first-order valence-corrected chi connectivity index (χ1v) is 11.0. The number of amides is 1. The molecule has 2 aliphatic carbocycles. The van der Waals surface area contributed by atoms with Crippen molar-refractivity contribution in [3.05, 3.63) is 59.7 Å². The lowest BCUT2D eigenvalue weighted by Crippen LogP contribution is -2.42. The smallest absolute Gasteiger partial charge is 0.410 e. The van der Waals surface area contributed by atoms with E-state index in [0.717, 1.165) is 22.3 Å². The van der Waals surface area contributed by atoms with Gasteiger partial charge in [-0.15, -0.1) is 0 Å². The number of hydrogen-bond donors (Lipinski definition) is 1. The van der Waals surface area contributed by atoms with E-state index in [1.165, 1.54) is 4.90 Å². The van der Waals surface area contributed by atoms with Crippen molar-refractivity contribution in [2.75, 3.05) is 13.2 Å². The summed E-state index contributed by atoms with van der Waals surface area (Å²) < 4.78 is 33.0. The van der Waals surface area contributed by atoms with Crippen molar-refractivity contribution in [3.8, 4) is 11.1 Å². The summed E-state index contributed by atoms with van der Waals surface area (Å²) in [5, 5.41) is 9.69. The van der Waals surface area contributed by atoms with Gasteiger partial charge in [-0.05, 0) is 46.9 Å². The monoisotopic (exact) mass is 441 g/mol. The van der Waals surface area contributed by atoms with E-state index in [4.69, 9.17) is 4.74 Å². The average Bonchev–Trinajstić information content (AvgIpc) is 3.32. The number of hydrogen-bond acceptors (Lipinski definition) is 3. The highest BCUT2D eigenvalue weighted by atomic mass is 19.3. The van der Waals surface area contributed by atoms with Crippen LogP contribution in [0.15, 0.2) is 48.5 Å². The fourth-order valence-corrected chi connectivity index (χ4v) is 5.65. The van der Waals surface area contributed by atoms with Gasteiger partial charge in [-0.3, -0.25) is 4.90 Å². The molecule has 2 fully saturated rings. The highest BCUT2D eigenvalue weighted by Gasteiger charge is 2.53. The van der Waals surface area contributed by atoms with Gasteiger partial charge in [-0.1, -0.05) is 48.5 Å². The number of fused-ring (bicyclic) bond motifs is 3. The number of halogens is 2. The molecule has 1 N–H and O–H groups in total. The minimum atomic E-state index is -2.71. The summed E-state index contributed by atoms with van der Waals surface area (Å²) in [5.74, 6) is -3.95. The van der Waals surface area contributed by atoms with Crippen LogP contribution in [0.5, 0.6) is 0 Å². The number of likely N-dealkylation sites (tertiary alicyclic amines) is 1. The molecule has 0 bridgehead atoms. The van der Waals surface area contributed by atoms with E-state index >= 15 is 0 Å². The van der Waals surface area contributed by atoms with Crippen LogP contribution < -0.4 is 0 Å². The molecule has 1 heterocycles. The second-order valence-electron chi connectivity index (χ2n) is 9.35. The van der Waals surface area contributed by atoms with Gasteiger partial charge in [0.25, 0.3) is 0 Å². The second-order valence-corrected chi connectivity index (χ2v) is 9.35. The van der Waals surface area contributed by atoms with Crippen molar-refractivity contribution in [1.29, 1.82) is 0 Å². The van der Waals surface area contributed by atoms with Crippen LogP contribution in [-0.2, 0) is 9.53 Å². The van der Waals surface area contributed by atoms with Crippen molar-refractivity contribution < 1.29 is 28.2 Å². The normalized spacial score (nSPS) is 23.1. The third kappa shape index (κ3) is 3.53. The molecule has 0 radical (unpaired) electrons. The number of nitrogens with zero attached hydrogens (tertiary/aromatic N) is 1. The molecule has 1 saturated heterocycles. The first-order valence-electron chi connectivity index (χ1n) is 11.0. The molecular weight excluding hydrogens is 416 g/mol. The molecule has 1 saturated carbocycles. The van der Waals surface area contributed by atoms with Gasteiger partial charge < -0.3 is 9.84 Å². The number of rotatable bonds is 3.